The van der Waals surface area contributed by atoms with Gasteiger partial charge in [-0.05, 0) is 77.0 Å². The van der Waals surface area contributed by atoms with Crippen LogP contribution in [0.25, 0.3) is 0 Å². The van der Waals surface area contributed by atoms with Crippen LogP contribution in [0, 0.1) is 0 Å². The minimum absolute atomic E-state index is 0.0594. The van der Waals surface area contributed by atoms with E-state index in [0.717, 1.165) is 57.8 Å². The molecular weight excluding hydrogens is 981 g/mol. The van der Waals surface area contributed by atoms with Gasteiger partial charge in [0.2, 0.25) is 0 Å². The normalized spacial score (nSPS) is 24.6. The predicted molar refractivity (Wildman–Crippen MR) is 307 cm³/mol. The first kappa shape index (κ1) is 71.1. The van der Waals surface area contributed by atoms with Crippen molar-refractivity contribution in [1.82, 2.24) is 0 Å². The van der Waals surface area contributed by atoms with Gasteiger partial charge in [0.05, 0.1) is 26.4 Å². The molecule has 2 saturated heterocycles. The maximum Gasteiger partial charge on any atom is 0.306 e. The third kappa shape index (κ3) is 36.1. The molecule has 2 heterocycles. The third-order valence-corrected chi connectivity index (χ3v) is 14.8. The van der Waals surface area contributed by atoms with Crippen molar-refractivity contribution >= 4 is 5.97 Å². The van der Waals surface area contributed by atoms with E-state index in [2.05, 4.69) is 62.5 Å². The minimum atomic E-state index is -1.71. The number of ether oxygens (including phenoxy) is 6. The molecule has 0 amide bonds. The second kappa shape index (κ2) is 49.7. The smallest absolute Gasteiger partial charge is 0.306 e. The zero-order valence-electron chi connectivity index (χ0n) is 48.4. The number of allylic oxidation sites excluding steroid dienone is 8. The van der Waals surface area contributed by atoms with E-state index in [4.69, 9.17) is 28.4 Å². The van der Waals surface area contributed by atoms with Crippen LogP contribution in [0.3, 0.4) is 0 Å². The van der Waals surface area contributed by atoms with E-state index < -0.39 is 80.7 Å². The van der Waals surface area contributed by atoms with Gasteiger partial charge in [0.1, 0.15) is 54.9 Å². The molecule has 0 aromatic heterocycles. The molecule has 0 aromatic rings. The molecule has 11 atom stereocenters. The lowest BCUT2D eigenvalue weighted by molar-refractivity contribution is -0.332. The number of rotatable bonds is 51. The van der Waals surface area contributed by atoms with Crippen molar-refractivity contribution in [2.45, 2.75) is 313 Å². The molecular formula is C63H114O14. The molecule has 0 spiro atoms. The van der Waals surface area contributed by atoms with Gasteiger partial charge in [-0.15, -0.1) is 0 Å². The summed E-state index contributed by atoms with van der Waals surface area (Å²) in [5.74, 6) is -0.379. The summed E-state index contributed by atoms with van der Waals surface area (Å²) in [6.45, 7) is 3.68. The second-order valence-electron chi connectivity index (χ2n) is 21.9. The summed E-state index contributed by atoms with van der Waals surface area (Å²) < 4.78 is 34.5. The zero-order valence-corrected chi connectivity index (χ0v) is 48.4. The van der Waals surface area contributed by atoms with E-state index in [9.17, 15) is 40.5 Å². The van der Waals surface area contributed by atoms with Crippen LogP contribution >= 0.6 is 0 Å². The van der Waals surface area contributed by atoms with Gasteiger partial charge in [0, 0.05) is 13.0 Å². The Balaban J connectivity index is 1.68. The largest absolute Gasteiger partial charge is 0.457 e. The van der Waals surface area contributed by atoms with Crippen molar-refractivity contribution in [1.29, 1.82) is 0 Å². The quantitative estimate of drug-likeness (QED) is 0.0172. The molecule has 0 radical (unpaired) electrons. The average molecular weight is 1100 g/mol. The molecule has 2 fully saturated rings. The van der Waals surface area contributed by atoms with Gasteiger partial charge in [-0.25, -0.2) is 0 Å². The molecule has 2 rings (SSSR count). The molecule has 14 nitrogen and oxygen atoms in total. The van der Waals surface area contributed by atoms with Crippen molar-refractivity contribution in [3.8, 4) is 0 Å². The molecule has 450 valence electrons. The Morgan fingerprint density at radius 3 is 1.27 bits per heavy atom. The van der Waals surface area contributed by atoms with E-state index >= 15 is 0 Å². The van der Waals surface area contributed by atoms with Gasteiger partial charge >= 0.3 is 5.97 Å². The van der Waals surface area contributed by atoms with Crippen LogP contribution in [0.2, 0.25) is 0 Å². The summed E-state index contributed by atoms with van der Waals surface area (Å²) in [4.78, 5) is 13.1. The maximum absolute atomic E-state index is 13.1. The summed E-state index contributed by atoms with van der Waals surface area (Å²) in [7, 11) is 0. The van der Waals surface area contributed by atoms with Crippen molar-refractivity contribution in [2.75, 3.05) is 33.0 Å². The van der Waals surface area contributed by atoms with Crippen molar-refractivity contribution in [3.63, 3.8) is 0 Å². The molecule has 7 N–H and O–H groups in total. The van der Waals surface area contributed by atoms with Crippen LogP contribution in [0.5, 0.6) is 0 Å². The number of aliphatic hydroxyl groups is 7. The highest BCUT2D eigenvalue weighted by Crippen LogP contribution is 2.27. The standard InChI is InChI=1S/C63H114O14/c1-3-5-7-9-11-13-15-17-19-21-23-24-25-26-27-29-31-33-35-37-39-41-43-45-47-72-49-52(75-55(65)46-44-42-40-38-36-34-32-30-28-22-20-18-16-14-12-10-8-6-4-2)50-73-62-61(71)59(69)57(67)54(77-62)51-74-63-60(70)58(68)56(66)53(48-64)76-63/h12,14-15,17-18,20-21,23,52-54,56-64,66-71H,3-11,13,16,19,22,24-51H2,1-2H3/b14-12-,17-15-,20-18-,23-21-. The molecule has 11 unspecified atom stereocenters. The number of carbonyl (C=O) groups excluding carboxylic acids is 1. The fourth-order valence-corrected chi connectivity index (χ4v) is 9.76. The molecule has 0 aromatic carbocycles. The SMILES string of the molecule is CCCCC/C=C\C/C=C\CCCCCCCCCCCC(=O)OC(COCCCCCCCCCCCCCC/C=C\C/C=C\CCCCCCC)COC1OC(COC2OC(CO)C(O)C(O)C2O)C(O)C(O)C1O. The van der Waals surface area contributed by atoms with Crippen LogP contribution in [-0.2, 0) is 33.2 Å². The summed E-state index contributed by atoms with van der Waals surface area (Å²) >= 11 is 0. The van der Waals surface area contributed by atoms with E-state index in [0.29, 0.717) is 13.0 Å². The third-order valence-electron chi connectivity index (χ3n) is 14.8. The van der Waals surface area contributed by atoms with Crippen molar-refractivity contribution in [2.24, 2.45) is 0 Å². The maximum atomic E-state index is 13.1. The Bertz CT molecular complexity index is 1460. The fraction of sp³-hybridized carbons (Fsp3) is 0.857. The van der Waals surface area contributed by atoms with Crippen LogP contribution < -0.4 is 0 Å². The average Bonchev–Trinajstić information content (AvgIpc) is 3.43. The van der Waals surface area contributed by atoms with E-state index in [-0.39, 0.29) is 25.6 Å². The van der Waals surface area contributed by atoms with Crippen molar-refractivity contribution < 1.29 is 69.0 Å². The number of hydrogen-bond donors (Lipinski definition) is 7. The van der Waals surface area contributed by atoms with E-state index in [1.807, 2.05) is 0 Å². The zero-order chi connectivity index (χ0) is 55.8. The molecule has 14 heteroatoms. The summed E-state index contributed by atoms with van der Waals surface area (Å²) in [6.07, 6.45) is 44.5. The molecule has 0 bridgehead atoms. The molecule has 77 heavy (non-hydrogen) atoms. The van der Waals surface area contributed by atoms with Crippen LogP contribution in [0.1, 0.15) is 245 Å². The van der Waals surface area contributed by atoms with Gasteiger partial charge < -0.3 is 64.2 Å². The highest BCUT2D eigenvalue weighted by Gasteiger charge is 2.47. The number of esters is 1. The Morgan fingerprint density at radius 1 is 0.429 bits per heavy atom. The first-order valence-electron chi connectivity index (χ1n) is 31.2. The predicted octanol–water partition coefficient (Wildman–Crippen LogP) is 11.9. The molecule has 2 aliphatic rings. The molecule has 0 saturated carbocycles. The second-order valence-corrected chi connectivity index (χ2v) is 21.9. The van der Waals surface area contributed by atoms with Crippen LogP contribution in [-0.4, -0.2) is 142 Å². The highest BCUT2D eigenvalue weighted by atomic mass is 16.7. The van der Waals surface area contributed by atoms with E-state index in [1.54, 1.807) is 0 Å². The monoisotopic (exact) mass is 1090 g/mol. The lowest BCUT2D eigenvalue weighted by Gasteiger charge is -2.42. The fourth-order valence-electron chi connectivity index (χ4n) is 9.76. The lowest BCUT2D eigenvalue weighted by Crippen LogP contribution is -2.61. The summed E-state index contributed by atoms with van der Waals surface area (Å²) in [5, 5.41) is 72.4. The first-order chi connectivity index (χ1) is 37.6. The van der Waals surface area contributed by atoms with Gasteiger partial charge in [-0.2, -0.15) is 0 Å². The number of carbonyl (C=O) groups is 1. The highest BCUT2D eigenvalue weighted by molar-refractivity contribution is 5.69. The topological polar surface area (TPSA) is 214 Å². The molecule has 0 aliphatic carbocycles. The summed E-state index contributed by atoms with van der Waals surface area (Å²) in [5.41, 5.74) is 0. The van der Waals surface area contributed by atoms with Gasteiger partial charge in [0.25, 0.3) is 0 Å². The summed E-state index contributed by atoms with van der Waals surface area (Å²) in [6, 6.07) is 0. The van der Waals surface area contributed by atoms with Gasteiger partial charge in [-0.1, -0.05) is 210 Å². The number of aliphatic hydroxyl groups excluding tert-OH is 7. The Hall–Kier alpha value is -2.05. The van der Waals surface area contributed by atoms with Gasteiger partial charge in [-0.3, -0.25) is 4.79 Å². The van der Waals surface area contributed by atoms with Crippen LogP contribution in [0.4, 0.5) is 0 Å². The Kier molecular flexibility index (Phi) is 45.9. The van der Waals surface area contributed by atoms with Gasteiger partial charge in [0.15, 0.2) is 12.6 Å². The number of unbranched alkanes of at least 4 members (excludes halogenated alkanes) is 29. The first-order valence-corrected chi connectivity index (χ1v) is 31.2. The minimum Gasteiger partial charge on any atom is -0.457 e. The number of hydrogen-bond acceptors (Lipinski definition) is 14. The Labute approximate surface area is 467 Å². The van der Waals surface area contributed by atoms with E-state index in [1.165, 1.54) is 161 Å². The molecule has 2 aliphatic heterocycles. The lowest BCUT2D eigenvalue weighted by atomic mass is 9.98. The Morgan fingerprint density at radius 2 is 0.805 bits per heavy atom. The van der Waals surface area contributed by atoms with Crippen molar-refractivity contribution in [3.05, 3.63) is 48.6 Å². The van der Waals surface area contributed by atoms with Crippen LogP contribution in [0.15, 0.2) is 48.6 Å².